The Bertz CT molecular complexity index is 1420. The van der Waals surface area contributed by atoms with Gasteiger partial charge >= 0.3 is 0 Å². The molecule has 0 atom stereocenters. The van der Waals surface area contributed by atoms with Crippen molar-refractivity contribution < 1.29 is 4.39 Å². The first-order valence-corrected chi connectivity index (χ1v) is 9.52. The van der Waals surface area contributed by atoms with Crippen LogP contribution in [0.25, 0.3) is 32.9 Å². The highest BCUT2D eigenvalue weighted by Crippen LogP contribution is 2.33. The number of benzene rings is 2. The summed E-state index contributed by atoms with van der Waals surface area (Å²) in [7, 11) is 1.89. The number of hydrogen-bond donors (Lipinski definition) is 1. The molecule has 5 rings (SSSR count). The molecule has 1 N–H and O–H groups in total. The maximum Gasteiger partial charge on any atom is 0.272 e. The van der Waals surface area contributed by atoms with Crippen LogP contribution in [-0.2, 0) is 13.6 Å². The van der Waals surface area contributed by atoms with Crippen molar-refractivity contribution in [1.29, 1.82) is 0 Å². The van der Waals surface area contributed by atoms with E-state index in [4.69, 9.17) is 0 Å². The smallest absolute Gasteiger partial charge is 0.272 e. The first-order chi connectivity index (χ1) is 14.0. The van der Waals surface area contributed by atoms with Crippen LogP contribution >= 0.6 is 0 Å². The van der Waals surface area contributed by atoms with Gasteiger partial charge in [-0.2, -0.15) is 0 Å². The minimum atomic E-state index is -0.227. The van der Waals surface area contributed by atoms with E-state index in [9.17, 15) is 9.18 Å². The minimum Gasteiger partial charge on any atom is -0.345 e. The summed E-state index contributed by atoms with van der Waals surface area (Å²) >= 11 is 0. The zero-order valence-corrected chi connectivity index (χ0v) is 16.2. The van der Waals surface area contributed by atoms with Crippen LogP contribution < -0.4 is 5.56 Å². The van der Waals surface area contributed by atoms with Gasteiger partial charge in [0.15, 0.2) is 0 Å². The molecule has 5 aromatic rings. The van der Waals surface area contributed by atoms with Crippen LogP contribution in [0.4, 0.5) is 4.39 Å². The van der Waals surface area contributed by atoms with Gasteiger partial charge in [-0.3, -0.25) is 4.79 Å². The molecule has 0 aliphatic heterocycles. The van der Waals surface area contributed by atoms with Crippen molar-refractivity contribution in [1.82, 2.24) is 14.1 Å². The van der Waals surface area contributed by atoms with Crippen LogP contribution in [0, 0.1) is 12.7 Å². The molecule has 4 nitrogen and oxygen atoms in total. The van der Waals surface area contributed by atoms with E-state index >= 15 is 0 Å². The first kappa shape index (κ1) is 17.5. The Kier molecular flexibility index (Phi) is 3.91. The number of aryl methyl sites for hydroxylation is 2. The number of H-pyrrole nitrogens is 1. The number of aromatic amines is 1. The van der Waals surface area contributed by atoms with Crippen LogP contribution in [0.3, 0.4) is 0 Å². The molecular weight excluding hydrogens is 365 g/mol. The molecule has 0 spiro atoms. The van der Waals surface area contributed by atoms with Crippen molar-refractivity contribution in [2.24, 2.45) is 7.05 Å². The molecule has 3 aromatic heterocycles. The minimum absolute atomic E-state index is 0.0891. The number of nitrogens with one attached hydrogen (secondary N) is 1. The zero-order chi connectivity index (χ0) is 20.1. The molecule has 144 valence electrons. The predicted molar refractivity (Wildman–Crippen MR) is 115 cm³/mol. The highest BCUT2D eigenvalue weighted by atomic mass is 19.1. The Morgan fingerprint density at radius 2 is 1.83 bits per heavy atom. The Labute approximate surface area is 166 Å². The summed E-state index contributed by atoms with van der Waals surface area (Å²) in [6.45, 7) is 2.77. The van der Waals surface area contributed by atoms with Crippen LogP contribution in [-0.4, -0.2) is 14.1 Å². The maximum atomic E-state index is 13.2. The lowest BCUT2D eigenvalue weighted by Gasteiger charge is -2.09. The third kappa shape index (κ3) is 2.86. The molecule has 29 heavy (non-hydrogen) atoms. The third-order valence-corrected chi connectivity index (χ3v) is 5.57. The fraction of sp³-hybridized carbons (Fsp3) is 0.125. The first-order valence-electron chi connectivity index (χ1n) is 9.52. The molecule has 5 heteroatoms. The van der Waals surface area contributed by atoms with E-state index in [1.807, 2.05) is 36.0 Å². The van der Waals surface area contributed by atoms with E-state index in [0.29, 0.717) is 12.1 Å². The van der Waals surface area contributed by atoms with Gasteiger partial charge in [0.2, 0.25) is 0 Å². The van der Waals surface area contributed by atoms with Gasteiger partial charge in [0.25, 0.3) is 5.56 Å². The standard InChI is InChI=1S/C24H20FN3O/c1-15-11-17(21-14-27(2)23-20(21)7-9-26-24(23)29)12-22-19(15)8-10-28(22)13-16-3-5-18(25)6-4-16/h3-12,14H,13H2,1-2H3,(H,26,29). The lowest BCUT2D eigenvalue weighted by molar-refractivity contribution is 0.626. The van der Waals surface area contributed by atoms with E-state index < -0.39 is 0 Å². The van der Waals surface area contributed by atoms with Crippen LogP contribution in [0.15, 0.2) is 71.9 Å². The monoisotopic (exact) mass is 385 g/mol. The Hall–Kier alpha value is -3.60. The Morgan fingerprint density at radius 3 is 2.62 bits per heavy atom. The second-order valence-corrected chi connectivity index (χ2v) is 7.52. The molecule has 0 radical (unpaired) electrons. The number of aromatic nitrogens is 3. The number of nitrogens with zero attached hydrogens (tertiary/aromatic N) is 2. The van der Waals surface area contributed by atoms with Gasteiger partial charge < -0.3 is 14.1 Å². The summed E-state index contributed by atoms with van der Waals surface area (Å²) in [5.74, 6) is -0.227. The van der Waals surface area contributed by atoms with E-state index in [2.05, 4.69) is 40.9 Å². The largest absolute Gasteiger partial charge is 0.345 e. The summed E-state index contributed by atoms with van der Waals surface area (Å²) in [6, 6.07) is 15.0. The molecule has 3 heterocycles. The fourth-order valence-electron chi connectivity index (χ4n) is 4.15. The lowest BCUT2D eigenvalue weighted by Crippen LogP contribution is -2.07. The van der Waals surface area contributed by atoms with Crippen molar-refractivity contribution in [3.63, 3.8) is 0 Å². The summed E-state index contributed by atoms with van der Waals surface area (Å²) in [4.78, 5) is 15.0. The van der Waals surface area contributed by atoms with E-state index in [1.54, 1.807) is 6.20 Å². The molecule has 0 fully saturated rings. The number of halogens is 1. The van der Waals surface area contributed by atoms with E-state index in [0.717, 1.165) is 27.6 Å². The lowest BCUT2D eigenvalue weighted by atomic mass is 10.0. The number of hydrogen-bond acceptors (Lipinski definition) is 1. The van der Waals surface area contributed by atoms with Gasteiger partial charge in [0.1, 0.15) is 11.3 Å². The maximum absolute atomic E-state index is 13.2. The molecular formula is C24H20FN3O. The summed E-state index contributed by atoms with van der Waals surface area (Å²) in [5, 5.41) is 2.13. The van der Waals surface area contributed by atoms with Gasteiger partial charge in [0, 0.05) is 54.0 Å². The van der Waals surface area contributed by atoms with Crippen molar-refractivity contribution in [3.05, 3.63) is 94.4 Å². The van der Waals surface area contributed by atoms with E-state index in [-0.39, 0.29) is 11.4 Å². The van der Waals surface area contributed by atoms with Gasteiger partial charge in [0.05, 0.1) is 0 Å². The van der Waals surface area contributed by atoms with Crippen LogP contribution in [0.2, 0.25) is 0 Å². The molecule has 0 saturated carbocycles. The zero-order valence-electron chi connectivity index (χ0n) is 16.2. The molecule has 0 aliphatic rings. The highest BCUT2D eigenvalue weighted by molar-refractivity contribution is 5.98. The highest BCUT2D eigenvalue weighted by Gasteiger charge is 2.14. The second kappa shape index (κ2) is 6.48. The quantitative estimate of drug-likeness (QED) is 0.467. The van der Waals surface area contributed by atoms with Gasteiger partial charge in [-0.25, -0.2) is 4.39 Å². The predicted octanol–water partition coefficient (Wildman–Crippen LogP) is 4.98. The summed E-state index contributed by atoms with van der Waals surface area (Å²) in [6.07, 6.45) is 5.77. The molecule has 0 bridgehead atoms. The SMILES string of the molecule is Cc1cc(-c2cn(C)c3c(=O)[nH]ccc23)cc2c1ccn2Cc1ccc(F)cc1. The Balaban J connectivity index is 1.68. The number of rotatable bonds is 3. The summed E-state index contributed by atoms with van der Waals surface area (Å²) in [5.41, 5.74) is 6.03. The van der Waals surface area contributed by atoms with Gasteiger partial charge in [-0.1, -0.05) is 18.2 Å². The van der Waals surface area contributed by atoms with Crippen molar-refractivity contribution >= 4 is 21.8 Å². The fourth-order valence-corrected chi connectivity index (χ4v) is 4.15. The normalized spacial score (nSPS) is 11.6. The van der Waals surface area contributed by atoms with Gasteiger partial charge in [-0.15, -0.1) is 0 Å². The van der Waals surface area contributed by atoms with Gasteiger partial charge in [-0.05, 0) is 53.9 Å². The van der Waals surface area contributed by atoms with E-state index in [1.165, 1.54) is 23.1 Å². The molecule has 0 saturated heterocycles. The number of fused-ring (bicyclic) bond motifs is 2. The van der Waals surface area contributed by atoms with Crippen LogP contribution in [0.1, 0.15) is 11.1 Å². The van der Waals surface area contributed by atoms with Crippen LogP contribution in [0.5, 0.6) is 0 Å². The Morgan fingerprint density at radius 1 is 1.03 bits per heavy atom. The molecule has 0 amide bonds. The average Bonchev–Trinajstić information content (AvgIpc) is 3.26. The third-order valence-electron chi connectivity index (χ3n) is 5.57. The molecule has 0 aliphatic carbocycles. The second-order valence-electron chi connectivity index (χ2n) is 7.52. The topological polar surface area (TPSA) is 42.7 Å². The average molecular weight is 385 g/mol. The molecule has 2 aromatic carbocycles. The van der Waals surface area contributed by atoms with Crippen molar-refractivity contribution in [2.75, 3.05) is 0 Å². The van der Waals surface area contributed by atoms with Crippen molar-refractivity contribution in [2.45, 2.75) is 13.5 Å². The molecule has 0 unspecified atom stereocenters. The van der Waals surface area contributed by atoms with Crippen molar-refractivity contribution in [3.8, 4) is 11.1 Å². The number of pyridine rings is 1. The summed E-state index contributed by atoms with van der Waals surface area (Å²) < 4.78 is 17.3.